The lowest BCUT2D eigenvalue weighted by molar-refractivity contribution is 0.0610. The molecular weight excluding hydrogens is 108 g/mol. The van der Waals surface area contributed by atoms with Crippen molar-refractivity contribution >= 4 is 0 Å². The predicted octanol–water partition coefficient (Wildman–Crippen LogP) is 2.69. The minimum Gasteiger partial charge on any atom is -0.0622 e. The second kappa shape index (κ2) is 1.36. The van der Waals surface area contributed by atoms with Crippen molar-refractivity contribution in [3.05, 3.63) is 0 Å². The quantitative estimate of drug-likeness (QED) is 0.465. The molecule has 0 amide bonds. The van der Waals surface area contributed by atoms with E-state index in [0.717, 1.165) is 23.2 Å². The summed E-state index contributed by atoms with van der Waals surface area (Å²) in [4.78, 5) is 0. The Morgan fingerprint density at radius 2 is 1.89 bits per heavy atom. The Bertz CT molecular complexity index is 139. The van der Waals surface area contributed by atoms with Gasteiger partial charge in [-0.15, -0.1) is 0 Å². The molecule has 0 heteroatoms. The maximum absolute atomic E-state index is 2.46. The van der Waals surface area contributed by atoms with E-state index >= 15 is 0 Å². The van der Waals surface area contributed by atoms with Gasteiger partial charge in [0.2, 0.25) is 0 Å². The number of hydrogen-bond donors (Lipinski definition) is 0. The van der Waals surface area contributed by atoms with Crippen LogP contribution in [-0.2, 0) is 0 Å². The molecule has 3 aliphatic rings. The Morgan fingerprint density at radius 3 is 2.00 bits per heavy atom. The molecule has 0 aromatic heterocycles. The second-order valence-corrected chi connectivity index (χ2v) is 4.49. The number of fused-ring (bicyclic) bond motifs is 1. The monoisotopic (exact) mass is 124 g/mol. The highest BCUT2D eigenvalue weighted by Crippen LogP contribution is 2.65. The van der Waals surface area contributed by atoms with Crippen LogP contribution < -0.4 is 0 Å². The summed E-state index contributed by atoms with van der Waals surface area (Å²) in [5.41, 5.74) is 0.768. The molecule has 0 radical (unpaired) electrons. The van der Waals surface area contributed by atoms with Crippen LogP contribution in [0.4, 0.5) is 0 Å². The average Bonchev–Trinajstić information content (AvgIpc) is 2.17. The molecule has 3 aliphatic carbocycles. The van der Waals surface area contributed by atoms with Crippen LogP contribution in [-0.4, -0.2) is 0 Å². The van der Waals surface area contributed by atoms with Gasteiger partial charge in [-0.05, 0) is 36.0 Å². The first-order valence-corrected chi connectivity index (χ1v) is 4.13. The van der Waals surface area contributed by atoms with Gasteiger partial charge in [-0.25, -0.2) is 0 Å². The maximum atomic E-state index is 2.46. The van der Waals surface area contributed by atoms with Crippen LogP contribution >= 0.6 is 0 Å². The molecule has 9 heavy (non-hydrogen) atoms. The predicted molar refractivity (Wildman–Crippen MR) is 39.2 cm³/mol. The van der Waals surface area contributed by atoms with Crippen LogP contribution in [0.2, 0.25) is 0 Å². The van der Waals surface area contributed by atoms with E-state index in [1.807, 2.05) is 0 Å². The summed E-state index contributed by atoms with van der Waals surface area (Å²) in [5.74, 6) is 3.16. The summed E-state index contributed by atoms with van der Waals surface area (Å²) in [7, 11) is 0. The summed E-state index contributed by atoms with van der Waals surface area (Å²) in [6.07, 6.45) is 3.02. The zero-order valence-corrected chi connectivity index (χ0v) is 6.65. The van der Waals surface area contributed by atoms with Crippen LogP contribution in [0, 0.1) is 23.2 Å². The van der Waals surface area contributed by atoms with Gasteiger partial charge in [0.25, 0.3) is 0 Å². The van der Waals surface area contributed by atoms with Crippen molar-refractivity contribution in [2.75, 3.05) is 0 Å². The Morgan fingerprint density at radius 1 is 1.22 bits per heavy atom. The molecule has 0 aromatic rings. The third-order valence-electron chi connectivity index (χ3n) is 3.96. The largest absolute Gasteiger partial charge is 0.0622 e. The van der Waals surface area contributed by atoms with Gasteiger partial charge in [0.1, 0.15) is 0 Å². The molecule has 0 spiro atoms. The Hall–Kier alpha value is 0. The molecule has 52 valence electrons. The van der Waals surface area contributed by atoms with Crippen LogP contribution in [0.15, 0.2) is 0 Å². The fraction of sp³-hybridized carbons (Fsp3) is 1.00. The third kappa shape index (κ3) is 0.500. The molecule has 3 saturated carbocycles. The molecule has 2 bridgehead atoms. The first-order chi connectivity index (χ1) is 4.13. The molecule has 0 saturated heterocycles. The molecule has 4 unspecified atom stereocenters. The van der Waals surface area contributed by atoms with Crippen LogP contribution in [0.3, 0.4) is 0 Å². The Kier molecular flexibility index (Phi) is 0.868. The van der Waals surface area contributed by atoms with Crippen molar-refractivity contribution in [1.29, 1.82) is 0 Å². The Balaban J connectivity index is 2.21. The van der Waals surface area contributed by atoms with Crippen molar-refractivity contribution in [2.24, 2.45) is 23.2 Å². The van der Waals surface area contributed by atoms with E-state index in [1.54, 1.807) is 0 Å². The molecule has 3 rings (SSSR count). The molecule has 4 atom stereocenters. The average molecular weight is 124 g/mol. The van der Waals surface area contributed by atoms with Gasteiger partial charge in [-0.2, -0.15) is 0 Å². The molecule has 0 nitrogen and oxygen atoms in total. The van der Waals surface area contributed by atoms with E-state index in [4.69, 9.17) is 0 Å². The highest BCUT2D eigenvalue weighted by molar-refractivity contribution is 5.05. The lowest BCUT2D eigenvalue weighted by atomic mass is 9.62. The highest BCUT2D eigenvalue weighted by atomic mass is 14.6. The van der Waals surface area contributed by atoms with Gasteiger partial charge in [-0.1, -0.05) is 20.8 Å². The van der Waals surface area contributed by atoms with Crippen molar-refractivity contribution in [1.82, 2.24) is 0 Å². The highest BCUT2D eigenvalue weighted by Gasteiger charge is 2.56. The van der Waals surface area contributed by atoms with Gasteiger partial charge < -0.3 is 0 Å². The maximum Gasteiger partial charge on any atom is -0.0292 e. The molecule has 0 N–H and O–H groups in total. The Labute approximate surface area is 57.6 Å². The number of rotatable bonds is 0. The van der Waals surface area contributed by atoms with Gasteiger partial charge >= 0.3 is 0 Å². The summed E-state index contributed by atoms with van der Waals surface area (Å²) >= 11 is 0. The van der Waals surface area contributed by atoms with Gasteiger partial charge in [0.15, 0.2) is 0 Å². The van der Waals surface area contributed by atoms with Gasteiger partial charge in [0, 0.05) is 0 Å². The first-order valence-electron chi connectivity index (χ1n) is 4.13. The van der Waals surface area contributed by atoms with Crippen molar-refractivity contribution in [3.63, 3.8) is 0 Å². The van der Waals surface area contributed by atoms with Crippen molar-refractivity contribution in [2.45, 2.75) is 33.6 Å². The van der Waals surface area contributed by atoms with Crippen molar-refractivity contribution < 1.29 is 0 Å². The molecule has 0 aliphatic heterocycles. The first kappa shape index (κ1) is 5.76. The molecule has 0 heterocycles. The lowest BCUT2D eigenvalue weighted by Crippen LogP contribution is -2.35. The molecule has 3 fully saturated rings. The summed E-state index contributed by atoms with van der Waals surface area (Å²) in [6, 6.07) is 0. The standard InChI is InChI=1S/C9H16/c1-6-4-9(3)5-8(6)7(9)2/h6-8H,4-5H2,1-3H3. The second-order valence-electron chi connectivity index (χ2n) is 4.49. The summed E-state index contributed by atoms with van der Waals surface area (Å²) in [6.45, 7) is 7.30. The fourth-order valence-corrected chi connectivity index (χ4v) is 3.11. The van der Waals surface area contributed by atoms with Crippen molar-refractivity contribution in [3.8, 4) is 0 Å². The van der Waals surface area contributed by atoms with E-state index < -0.39 is 0 Å². The van der Waals surface area contributed by atoms with Gasteiger partial charge in [0.05, 0.1) is 0 Å². The van der Waals surface area contributed by atoms with E-state index in [1.165, 1.54) is 12.8 Å². The summed E-state index contributed by atoms with van der Waals surface area (Å²) < 4.78 is 0. The van der Waals surface area contributed by atoms with Crippen LogP contribution in [0.5, 0.6) is 0 Å². The lowest BCUT2D eigenvalue weighted by Gasteiger charge is -2.43. The number of hydrogen-bond acceptors (Lipinski definition) is 0. The smallest absolute Gasteiger partial charge is 0.0292 e. The minimum atomic E-state index is 0.768. The molecular formula is C9H16. The van der Waals surface area contributed by atoms with Crippen LogP contribution in [0.25, 0.3) is 0 Å². The topological polar surface area (TPSA) is 0 Å². The van der Waals surface area contributed by atoms with Crippen LogP contribution in [0.1, 0.15) is 33.6 Å². The SMILES string of the molecule is CC1CC2(C)CC1C2C. The van der Waals surface area contributed by atoms with E-state index in [0.29, 0.717) is 0 Å². The van der Waals surface area contributed by atoms with E-state index in [2.05, 4.69) is 20.8 Å². The zero-order chi connectivity index (χ0) is 6.65. The van der Waals surface area contributed by atoms with Gasteiger partial charge in [-0.3, -0.25) is 0 Å². The van der Waals surface area contributed by atoms with E-state index in [-0.39, 0.29) is 0 Å². The minimum absolute atomic E-state index is 0.768. The normalized spacial score (nSPS) is 63.7. The fourth-order valence-electron chi connectivity index (χ4n) is 3.11. The summed E-state index contributed by atoms with van der Waals surface area (Å²) in [5, 5.41) is 0. The van der Waals surface area contributed by atoms with E-state index in [9.17, 15) is 0 Å². The molecule has 0 aromatic carbocycles. The third-order valence-corrected chi connectivity index (χ3v) is 3.96. The zero-order valence-electron chi connectivity index (χ0n) is 6.65.